The average molecular weight is 302 g/mol. The number of halogens is 1. The summed E-state index contributed by atoms with van der Waals surface area (Å²) in [4.78, 5) is 12.3. The van der Waals surface area contributed by atoms with Gasteiger partial charge in [-0.25, -0.2) is 0 Å². The Kier molecular flexibility index (Phi) is 3.47. The van der Waals surface area contributed by atoms with E-state index in [0.29, 0.717) is 22.7 Å². The molecule has 1 heterocycles. The molecule has 0 radical (unpaired) electrons. The maximum atomic E-state index is 12.3. The normalized spacial score (nSPS) is 10.8. The maximum Gasteiger partial charge on any atom is 0.167 e. The lowest BCUT2D eigenvalue weighted by molar-refractivity contribution is 0.0993. The highest BCUT2D eigenvalue weighted by Gasteiger charge is 2.12. The highest BCUT2D eigenvalue weighted by Crippen LogP contribution is 2.27. The van der Waals surface area contributed by atoms with Gasteiger partial charge in [-0.1, -0.05) is 29.8 Å². The van der Waals surface area contributed by atoms with E-state index >= 15 is 0 Å². The van der Waals surface area contributed by atoms with Crippen LogP contribution in [0.1, 0.15) is 15.9 Å². The highest BCUT2D eigenvalue weighted by molar-refractivity contribution is 7.17. The molecule has 100 valence electrons. The Balaban J connectivity index is 1.90. The number of nitrogens with two attached hydrogens (primary N) is 1. The number of thiophene rings is 1. The number of anilines is 1. The summed E-state index contributed by atoms with van der Waals surface area (Å²) in [5.74, 6) is 0.0527. The smallest absolute Gasteiger partial charge is 0.167 e. The first-order valence-corrected chi connectivity index (χ1v) is 7.44. The van der Waals surface area contributed by atoms with Crippen molar-refractivity contribution in [3.8, 4) is 0 Å². The summed E-state index contributed by atoms with van der Waals surface area (Å²) in [5, 5.41) is 3.66. The number of ketones is 1. The predicted molar refractivity (Wildman–Crippen MR) is 85.7 cm³/mol. The topological polar surface area (TPSA) is 43.1 Å². The number of nitrogen functional groups attached to an aromatic ring is 1. The summed E-state index contributed by atoms with van der Waals surface area (Å²) < 4.78 is 1.20. The van der Waals surface area contributed by atoms with Crippen LogP contribution >= 0.6 is 22.9 Å². The van der Waals surface area contributed by atoms with Crippen molar-refractivity contribution < 1.29 is 4.79 Å². The van der Waals surface area contributed by atoms with Gasteiger partial charge in [-0.05, 0) is 40.6 Å². The number of carbonyl (C=O) groups excluding carboxylic acids is 1. The molecule has 0 unspecified atom stereocenters. The molecule has 0 aliphatic heterocycles. The monoisotopic (exact) mass is 301 g/mol. The molecule has 0 saturated heterocycles. The lowest BCUT2D eigenvalue weighted by Crippen LogP contribution is -2.04. The van der Waals surface area contributed by atoms with Crippen LogP contribution in [0.5, 0.6) is 0 Å². The third-order valence-corrected chi connectivity index (χ3v) is 4.59. The first-order valence-electron chi connectivity index (χ1n) is 6.18. The number of benzene rings is 2. The van der Waals surface area contributed by atoms with Crippen molar-refractivity contribution in [2.75, 3.05) is 5.73 Å². The van der Waals surface area contributed by atoms with Crippen LogP contribution in [0.4, 0.5) is 5.69 Å². The number of rotatable bonds is 3. The number of hydrogen-bond acceptors (Lipinski definition) is 3. The van der Waals surface area contributed by atoms with E-state index in [1.165, 1.54) is 4.70 Å². The van der Waals surface area contributed by atoms with E-state index in [2.05, 4.69) is 6.07 Å². The van der Waals surface area contributed by atoms with Gasteiger partial charge in [-0.3, -0.25) is 4.79 Å². The van der Waals surface area contributed by atoms with Crippen molar-refractivity contribution in [1.82, 2.24) is 0 Å². The molecule has 0 aliphatic carbocycles. The van der Waals surface area contributed by atoms with Crippen molar-refractivity contribution in [3.63, 3.8) is 0 Å². The van der Waals surface area contributed by atoms with Crippen LogP contribution in [0.25, 0.3) is 10.1 Å². The van der Waals surface area contributed by atoms with Gasteiger partial charge in [-0.2, -0.15) is 0 Å². The summed E-state index contributed by atoms with van der Waals surface area (Å²) in [6.45, 7) is 0. The largest absolute Gasteiger partial charge is 0.398 e. The van der Waals surface area contributed by atoms with Crippen LogP contribution in [0.2, 0.25) is 5.02 Å². The molecule has 1 aromatic heterocycles. The standard InChI is InChI=1S/C16H12ClNOS/c17-13-6-5-10(7-14(13)18)15(19)8-11-9-20-16-4-2-1-3-12(11)16/h1-7,9H,8,18H2. The van der Waals surface area contributed by atoms with Gasteiger partial charge >= 0.3 is 0 Å². The second-order valence-electron chi connectivity index (χ2n) is 4.59. The first kappa shape index (κ1) is 13.2. The molecule has 0 saturated carbocycles. The van der Waals surface area contributed by atoms with Crippen molar-refractivity contribution >= 4 is 44.5 Å². The Morgan fingerprint density at radius 3 is 2.80 bits per heavy atom. The molecule has 4 heteroatoms. The van der Waals surface area contributed by atoms with Gasteiger partial charge in [0.25, 0.3) is 0 Å². The van der Waals surface area contributed by atoms with Crippen LogP contribution in [0.15, 0.2) is 47.8 Å². The zero-order valence-corrected chi connectivity index (χ0v) is 12.2. The zero-order valence-electron chi connectivity index (χ0n) is 10.6. The predicted octanol–water partition coefficient (Wildman–Crippen LogP) is 4.56. The van der Waals surface area contributed by atoms with E-state index in [1.54, 1.807) is 29.5 Å². The second-order valence-corrected chi connectivity index (χ2v) is 5.91. The van der Waals surface area contributed by atoms with E-state index in [9.17, 15) is 4.79 Å². The molecule has 3 rings (SSSR count). The summed E-state index contributed by atoms with van der Waals surface area (Å²) in [6.07, 6.45) is 0.380. The number of Topliss-reactive ketones (excluding diaryl/α,β-unsaturated/α-hetero) is 1. The zero-order chi connectivity index (χ0) is 14.1. The van der Waals surface area contributed by atoms with Crippen LogP contribution in [0.3, 0.4) is 0 Å². The quantitative estimate of drug-likeness (QED) is 0.569. The molecule has 0 amide bonds. The van der Waals surface area contributed by atoms with Gasteiger partial charge in [0.2, 0.25) is 0 Å². The fourth-order valence-electron chi connectivity index (χ4n) is 2.16. The van der Waals surface area contributed by atoms with E-state index in [4.69, 9.17) is 17.3 Å². The van der Waals surface area contributed by atoms with Crippen molar-refractivity contribution in [1.29, 1.82) is 0 Å². The van der Waals surface area contributed by atoms with Crippen LogP contribution in [0, 0.1) is 0 Å². The lowest BCUT2D eigenvalue weighted by Gasteiger charge is -2.03. The Morgan fingerprint density at radius 2 is 2.00 bits per heavy atom. The lowest BCUT2D eigenvalue weighted by atomic mass is 10.0. The van der Waals surface area contributed by atoms with Crippen molar-refractivity contribution in [2.24, 2.45) is 0 Å². The fourth-order valence-corrected chi connectivity index (χ4v) is 3.24. The van der Waals surface area contributed by atoms with Crippen LogP contribution in [-0.2, 0) is 6.42 Å². The van der Waals surface area contributed by atoms with Gasteiger partial charge < -0.3 is 5.73 Å². The summed E-state index contributed by atoms with van der Waals surface area (Å²) in [5.41, 5.74) is 7.84. The molecule has 3 aromatic rings. The molecule has 0 spiro atoms. The molecule has 0 bridgehead atoms. The van der Waals surface area contributed by atoms with E-state index in [-0.39, 0.29) is 5.78 Å². The van der Waals surface area contributed by atoms with Gasteiger partial charge in [0.05, 0.1) is 10.7 Å². The van der Waals surface area contributed by atoms with Crippen molar-refractivity contribution in [2.45, 2.75) is 6.42 Å². The summed E-state index contributed by atoms with van der Waals surface area (Å²) in [6, 6.07) is 13.1. The van der Waals surface area contributed by atoms with E-state index in [0.717, 1.165) is 10.9 Å². The first-order chi connectivity index (χ1) is 9.65. The van der Waals surface area contributed by atoms with E-state index < -0.39 is 0 Å². The molecule has 20 heavy (non-hydrogen) atoms. The Hall–Kier alpha value is -1.84. The third kappa shape index (κ3) is 2.42. The van der Waals surface area contributed by atoms with Gasteiger partial charge in [0, 0.05) is 16.7 Å². The minimum Gasteiger partial charge on any atom is -0.398 e. The minimum absolute atomic E-state index is 0.0527. The second kappa shape index (κ2) is 5.27. The summed E-state index contributed by atoms with van der Waals surface area (Å²) in [7, 11) is 0. The van der Waals surface area contributed by atoms with Gasteiger partial charge in [0.1, 0.15) is 0 Å². The molecule has 0 fully saturated rings. The van der Waals surface area contributed by atoms with Gasteiger partial charge in [-0.15, -0.1) is 11.3 Å². The Morgan fingerprint density at radius 1 is 1.20 bits per heavy atom. The van der Waals surface area contributed by atoms with Crippen molar-refractivity contribution in [3.05, 3.63) is 64.0 Å². The number of hydrogen-bond donors (Lipinski definition) is 1. The van der Waals surface area contributed by atoms with Gasteiger partial charge in [0.15, 0.2) is 5.78 Å². The molecule has 2 N–H and O–H groups in total. The van der Waals surface area contributed by atoms with Crippen LogP contribution < -0.4 is 5.73 Å². The fraction of sp³-hybridized carbons (Fsp3) is 0.0625. The molecule has 0 atom stereocenters. The molecular formula is C16H12ClNOS. The SMILES string of the molecule is Nc1cc(C(=O)Cc2csc3ccccc23)ccc1Cl. The number of fused-ring (bicyclic) bond motifs is 1. The molecular weight excluding hydrogens is 290 g/mol. The average Bonchev–Trinajstić information content (AvgIpc) is 2.85. The minimum atomic E-state index is 0.0527. The molecule has 2 aromatic carbocycles. The number of carbonyl (C=O) groups is 1. The third-order valence-electron chi connectivity index (χ3n) is 3.23. The Bertz CT molecular complexity index is 794. The molecule has 2 nitrogen and oxygen atoms in total. The van der Waals surface area contributed by atoms with E-state index in [1.807, 2.05) is 23.6 Å². The highest BCUT2D eigenvalue weighted by atomic mass is 35.5. The summed E-state index contributed by atoms with van der Waals surface area (Å²) >= 11 is 7.53. The maximum absolute atomic E-state index is 12.3. The Labute approximate surface area is 125 Å². The van der Waals surface area contributed by atoms with Crippen LogP contribution in [-0.4, -0.2) is 5.78 Å². The molecule has 0 aliphatic rings.